The van der Waals surface area contributed by atoms with Gasteiger partial charge in [0.05, 0.1) is 6.54 Å². The molecule has 1 aromatic heterocycles. The van der Waals surface area contributed by atoms with Crippen molar-refractivity contribution in [1.82, 2.24) is 9.78 Å². The van der Waals surface area contributed by atoms with E-state index in [1.807, 2.05) is 23.1 Å². The van der Waals surface area contributed by atoms with Crippen LogP contribution in [0.2, 0.25) is 0 Å². The van der Waals surface area contributed by atoms with Crippen molar-refractivity contribution in [3.63, 3.8) is 0 Å². The number of benzene rings is 1. The Morgan fingerprint density at radius 3 is 2.90 bits per heavy atom. The minimum absolute atomic E-state index is 0.567. The summed E-state index contributed by atoms with van der Waals surface area (Å²) in [5.41, 5.74) is 2.52. The molecule has 1 atom stereocenters. The van der Waals surface area contributed by atoms with Gasteiger partial charge < -0.3 is 5.32 Å². The van der Waals surface area contributed by atoms with Crippen LogP contribution in [-0.4, -0.2) is 15.8 Å². The van der Waals surface area contributed by atoms with Crippen LogP contribution in [0, 0.1) is 5.92 Å². The molecule has 1 unspecified atom stereocenters. The summed E-state index contributed by atoms with van der Waals surface area (Å²) < 4.78 is 1.96. The molecule has 0 bridgehead atoms. The van der Waals surface area contributed by atoms with E-state index in [1.54, 1.807) is 0 Å². The number of hydrogen-bond acceptors (Lipinski definition) is 2. The van der Waals surface area contributed by atoms with Crippen molar-refractivity contribution in [3.05, 3.63) is 48.3 Å². The van der Waals surface area contributed by atoms with E-state index in [4.69, 9.17) is 0 Å². The number of rotatable bonds is 5. The predicted octanol–water partition coefficient (Wildman–Crippen LogP) is 3.92. The van der Waals surface area contributed by atoms with E-state index in [-0.39, 0.29) is 0 Å². The average molecular weight is 269 g/mol. The molecule has 0 saturated heterocycles. The van der Waals surface area contributed by atoms with E-state index >= 15 is 0 Å². The number of nitrogens with zero attached hydrogens (tertiary/aromatic N) is 2. The lowest BCUT2D eigenvalue weighted by atomic mass is 9.99. The fourth-order valence-electron chi connectivity index (χ4n) is 3.18. The maximum absolute atomic E-state index is 4.26. The molecule has 2 aromatic rings. The second kappa shape index (κ2) is 6.12. The third-order valence-electron chi connectivity index (χ3n) is 4.33. The number of anilines is 1. The zero-order valence-corrected chi connectivity index (χ0v) is 12.1. The van der Waals surface area contributed by atoms with Gasteiger partial charge >= 0.3 is 0 Å². The molecule has 20 heavy (non-hydrogen) atoms. The molecule has 1 fully saturated rings. The van der Waals surface area contributed by atoms with Gasteiger partial charge in [0.2, 0.25) is 0 Å². The Bertz CT molecular complexity index is 527. The second-order valence-corrected chi connectivity index (χ2v) is 5.88. The van der Waals surface area contributed by atoms with E-state index in [2.05, 4.69) is 41.6 Å². The molecule has 1 N–H and O–H groups in total. The minimum Gasteiger partial charge on any atom is -0.382 e. The van der Waals surface area contributed by atoms with Crippen LogP contribution >= 0.6 is 0 Å². The molecule has 1 aliphatic carbocycles. The molecule has 0 aliphatic heterocycles. The average Bonchev–Trinajstić information content (AvgIpc) is 3.12. The van der Waals surface area contributed by atoms with Gasteiger partial charge in [0.1, 0.15) is 0 Å². The first kappa shape index (κ1) is 13.2. The van der Waals surface area contributed by atoms with Crippen LogP contribution in [0.15, 0.2) is 42.7 Å². The van der Waals surface area contributed by atoms with Gasteiger partial charge in [0.25, 0.3) is 0 Å². The molecule has 3 nitrogen and oxygen atoms in total. The van der Waals surface area contributed by atoms with Gasteiger partial charge in [-0.05, 0) is 49.4 Å². The molecular weight excluding hydrogens is 246 g/mol. The van der Waals surface area contributed by atoms with Gasteiger partial charge in [0.15, 0.2) is 0 Å². The lowest BCUT2D eigenvalue weighted by Gasteiger charge is -2.22. The second-order valence-electron chi connectivity index (χ2n) is 5.88. The summed E-state index contributed by atoms with van der Waals surface area (Å²) >= 11 is 0. The molecular formula is C17H23N3. The zero-order valence-electron chi connectivity index (χ0n) is 12.1. The Balaban J connectivity index is 1.64. The largest absolute Gasteiger partial charge is 0.382 e. The van der Waals surface area contributed by atoms with Crippen LogP contribution in [0.1, 0.15) is 38.2 Å². The van der Waals surface area contributed by atoms with Crippen molar-refractivity contribution in [2.24, 2.45) is 5.92 Å². The fourth-order valence-corrected chi connectivity index (χ4v) is 3.18. The molecule has 1 saturated carbocycles. The Labute approximate surface area is 121 Å². The van der Waals surface area contributed by atoms with Crippen molar-refractivity contribution in [2.45, 2.75) is 45.2 Å². The van der Waals surface area contributed by atoms with Gasteiger partial charge in [-0.15, -0.1) is 0 Å². The van der Waals surface area contributed by atoms with Crippen LogP contribution in [0.5, 0.6) is 0 Å². The quantitative estimate of drug-likeness (QED) is 0.891. The van der Waals surface area contributed by atoms with Gasteiger partial charge in [0, 0.05) is 24.1 Å². The van der Waals surface area contributed by atoms with Crippen LogP contribution in [-0.2, 0) is 6.54 Å². The molecule has 0 spiro atoms. The Morgan fingerprint density at radius 1 is 1.30 bits per heavy atom. The number of aromatic nitrogens is 2. The Morgan fingerprint density at radius 2 is 2.15 bits per heavy atom. The Hall–Kier alpha value is -1.77. The van der Waals surface area contributed by atoms with Crippen molar-refractivity contribution >= 4 is 5.69 Å². The summed E-state index contributed by atoms with van der Waals surface area (Å²) in [7, 11) is 0. The highest BCUT2D eigenvalue weighted by atomic mass is 15.3. The first-order valence-electron chi connectivity index (χ1n) is 7.64. The number of nitrogens with one attached hydrogen (secondary N) is 1. The van der Waals surface area contributed by atoms with E-state index in [0.29, 0.717) is 6.04 Å². The molecule has 1 aliphatic rings. The third kappa shape index (κ3) is 3.21. The first-order valence-corrected chi connectivity index (χ1v) is 7.64. The SMILES string of the molecule is CC(Nc1cccc(Cn2cccn2)c1)C1CCCC1. The van der Waals surface area contributed by atoms with Crippen LogP contribution in [0.3, 0.4) is 0 Å². The molecule has 1 heterocycles. The molecule has 3 rings (SSSR count). The topological polar surface area (TPSA) is 29.9 Å². The lowest BCUT2D eigenvalue weighted by molar-refractivity contribution is 0.482. The highest BCUT2D eigenvalue weighted by Gasteiger charge is 2.21. The minimum atomic E-state index is 0.567. The lowest BCUT2D eigenvalue weighted by Crippen LogP contribution is -2.23. The van der Waals surface area contributed by atoms with Gasteiger partial charge in [-0.2, -0.15) is 5.10 Å². The molecule has 0 amide bonds. The van der Waals surface area contributed by atoms with Crippen molar-refractivity contribution in [2.75, 3.05) is 5.32 Å². The fraction of sp³-hybridized carbons (Fsp3) is 0.471. The van der Waals surface area contributed by atoms with E-state index in [0.717, 1.165) is 12.5 Å². The van der Waals surface area contributed by atoms with E-state index < -0.39 is 0 Å². The summed E-state index contributed by atoms with van der Waals surface area (Å²) in [5, 5.41) is 7.94. The van der Waals surface area contributed by atoms with Crippen LogP contribution in [0.4, 0.5) is 5.69 Å². The highest BCUT2D eigenvalue weighted by Crippen LogP contribution is 2.29. The van der Waals surface area contributed by atoms with Crippen molar-refractivity contribution < 1.29 is 0 Å². The molecule has 1 aromatic carbocycles. The number of hydrogen-bond donors (Lipinski definition) is 1. The van der Waals surface area contributed by atoms with Crippen LogP contribution < -0.4 is 5.32 Å². The summed E-state index contributed by atoms with van der Waals surface area (Å²) in [4.78, 5) is 0. The van der Waals surface area contributed by atoms with Gasteiger partial charge in [-0.1, -0.05) is 25.0 Å². The predicted molar refractivity (Wildman–Crippen MR) is 82.8 cm³/mol. The monoisotopic (exact) mass is 269 g/mol. The maximum atomic E-state index is 4.26. The Kier molecular flexibility index (Phi) is 4.05. The summed E-state index contributed by atoms with van der Waals surface area (Å²) in [6.45, 7) is 3.15. The standard InChI is InChI=1S/C17H23N3/c1-14(16-7-2-3-8-16)19-17-9-4-6-15(12-17)13-20-11-5-10-18-20/h4-6,9-12,14,16,19H,2-3,7-8,13H2,1H3. The summed E-state index contributed by atoms with van der Waals surface area (Å²) in [6.07, 6.45) is 9.37. The summed E-state index contributed by atoms with van der Waals surface area (Å²) in [5.74, 6) is 0.838. The third-order valence-corrected chi connectivity index (χ3v) is 4.33. The summed E-state index contributed by atoms with van der Waals surface area (Å²) in [6, 6.07) is 11.2. The smallest absolute Gasteiger partial charge is 0.0660 e. The van der Waals surface area contributed by atoms with Gasteiger partial charge in [-0.25, -0.2) is 0 Å². The first-order chi connectivity index (χ1) is 9.81. The van der Waals surface area contributed by atoms with E-state index in [9.17, 15) is 0 Å². The van der Waals surface area contributed by atoms with Crippen LogP contribution in [0.25, 0.3) is 0 Å². The normalized spacial score (nSPS) is 17.2. The maximum Gasteiger partial charge on any atom is 0.0660 e. The van der Waals surface area contributed by atoms with Crippen molar-refractivity contribution in [1.29, 1.82) is 0 Å². The van der Waals surface area contributed by atoms with E-state index in [1.165, 1.54) is 36.9 Å². The molecule has 106 valence electrons. The van der Waals surface area contributed by atoms with Crippen molar-refractivity contribution in [3.8, 4) is 0 Å². The highest BCUT2D eigenvalue weighted by molar-refractivity contribution is 5.46. The zero-order chi connectivity index (χ0) is 13.8. The molecule has 0 radical (unpaired) electrons. The van der Waals surface area contributed by atoms with Gasteiger partial charge in [-0.3, -0.25) is 4.68 Å². The molecule has 3 heteroatoms.